The summed E-state index contributed by atoms with van der Waals surface area (Å²) in [6, 6.07) is -1.32. The van der Waals surface area contributed by atoms with Gasteiger partial charge < -0.3 is 27.3 Å². The van der Waals surface area contributed by atoms with E-state index in [4.69, 9.17) is 10.2 Å². The van der Waals surface area contributed by atoms with Crippen LogP contribution >= 0.6 is 0 Å². The lowest BCUT2D eigenvalue weighted by Crippen LogP contribution is -2.42. The summed E-state index contributed by atoms with van der Waals surface area (Å²) in [5.74, 6) is -1.88. The molecule has 0 spiro atoms. The van der Waals surface area contributed by atoms with E-state index in [1.54, 1.807) is 0 Å². The number of amides is 1. The Bertz CT molecular complexity index is 172. The summed E-state index contributed by atoms with van der Waals surface area (Å²) in [6.07, 6.45) is 0. The van der Waals surface area contributed by atoms with Gasteiger partial charge in [-0.3, -0.25) is 4.79 Å². The normalized spacial score (nSPS) is 12.3. The molecule has 0 rings (SSSR count). The number of hydrogen-bond donors (Lipinski definition) is 2. The monoisotopic (exact) mass is 178 g/mol. The molecule has 0 saturated carbocycles. The van der Waals surface area contributed by atoms with Crippen LogP contribution < -0.4 is 0 Å². The van der Waals surface area contributed by atoms with E-state index >= 15 is 0 Å². The molecule has 0 aromatic rings. The van der Waals surface area contributed by atoms with E-state index in [-0.39, 0.29) is 0 Å². The fourth-order valence-electron chi connectivity index (χ4n) is 0.472. The number of carboxylic acid groups (broad SMARTS) is 1. The highest BCUT2D eigenvalue weighted by molar-refractivity contribution is 7.56. The third-order valence-corrected chi connectivity index (χ3v) is 1.56. The molecule has 2 N–H and O–H groups in total. The zero-order valence-electron chi connectivity index (χ0n) is 5.85. The Morgan fingerprint density at radius 3 is 2.18 bits per heavy atom. The second kappa shape index (κ2) is 4.20. The molecule has 0 unspecified atom stereocenters. The van der Waals surface area contributed by atoms with Gasteiger partial charge in [0, 0.05) is 6.92 Å². The fourth-order valence-corrected chi connectivity index (χ4v) is 0.629. The molecule has 0 aromatic carbocycles. The Balaban J connectivity index is 4.25. The van der Waals surface area contributed by atoms with Crippen LogP contribution in [-0.4, -0.2) is 39.0 Å². The van der Waals surface area contributed by atoms with Crippen molar-refractivity contribution < 1.29 is 19.8 Å². The predicted molar refractivity (Wildman–Crippen MR) is 38.4 cm³/mol. The van der Waals surface area contributed by atoms with Crippen molar-refractivity contribution in [3.8, 4) is 0 Å². The minimum Gasteiger partial charge on any atom is -0.663 e. The second-order valence-corrected chi connectivity index (χ2v) is 2.27. The van der Waals surface area contributed by atoms with Crippen LogP contribution in [0.25, 0.3) is 0 Å². The Morgan fingerprint density at radius 1 is 1.64 bits per heavy atom. The molecule has 11 heavy (non-hydrogen) atoms. The van der Waals surface area contributed by atoms with Crippen LogP contribution in [0.4, 0.5) is 0 Å². The summed E-state index contributed by atoms with van der Waals surface area (Å²) in [4.78, 5) is 20.8. The summed E-state index contributed by atoms with van der Waals surface area (Å²) in [5.41, 5.74) is 0. The van der Waals surface area contributed by atoms with E-state index in [9.17, 15) is 9.59 Å². The Labute approximate surface area is 69.2 Å². The highest BCUT2D eigenvalue weighted by Crippen LogP contribution is 1.96. The lowest BCUT2D eigenvalue weighted by Gasteiger charge is -2.33. The zero-order valence-corrected chi connectivity index (χ0v) is 6.67. The molecule has 0 fully saturated rings. The number of carbonyl (C=O) groups excluding carboxylic acids is 1. The van der Waals surface area contributed by atoms with Gasteiger partial charge in [0.15, 0.2) is 5.91 Å². The highest BCUT2D eigenvalue weighted by Gasteiger charge is 2.17. The van der Waals surface area contributed by atoms with Crippen molar-refractivity contribution in [1.29, 1.82) is 0 Å². The molecule has 0 saturated heterocycles. The molecule has 0 aliphatic carbocycles. The molecule has 1 atom stereocenters. The van der Waals surface area contributed by atoms with Crippen LogP contribution in [0.15, 0.2) is 0 Å². The van der Waals surface area contributed by atoms with Crippen LogP contribution in [0.1, 0.15) is 6.92 Å². The van der Waals surface area contributed by atoms with Gasteiger partial charge in [-0.25, -0.2) is 4.79 Å². The molecule has 5 nitrogen and oxygen atoms in total. The summed E-state index contributed by atoms with van der Waals surface area (Å²) in [6.45, 7) is 0.469. The topological polar surface area (TPSA) is 77.8 Å². The fraction of sp³-hybridized carbons (Fsp3) is 0.600. The first kappa shape index (κ1) is 10.2. The van der Waals surface area contributed by atoms with Gasteiger partial charge in [0.05, 0.1) is 6.61 Å². The Morgan fingerprint density at radius 2 is 2.09 bits per heavy atom. The van der Waals surface area contributed by atoms with Gasteiger partial charge in [-0.05, 0) is 0 Å². The summed E-state index contributed by atoms with van der Waals surface area (Å²) in [7, 11) is 0. The van der Waals surface area contributed by atoms with Crippen molar-refractivity contribution in [2.45, 2.75) is 13.0 Å². The van der Waals surface area contributed by atoms with Crippen LogP contribution in [0.3, 0.4) is 0 Å². The van der Waals surface area contributed by atoms with Gasteiger partial charge in [0.1, 0.15) is 6.04 Å². The number of rotatable bonds is 3. The standard InChI is InChI=1S/C5H8NO4S/c1-3(8)6(11)4(2-7)5(9)10/h4,7H,2H2,1H3,(H,9,10)/q-1/t4-/m0/s1. The molecule has 64 valence electrons. The first-order valence-electron chi connectivity index (χ1n) is 2.81. The third-order valence-electron chi connectivity index (χ3n) is 1.05. The van der Waals surface area contributed by atoms with Gasteiger partial charge in [0.2, 0.25) is 0 Å². The lowest BCUT2D eigenvalue weighted by atomic mass is 10.3. The first-order valence-corrected chi connectivity index (χ1v) is 3.17. The van der Waals surface area contributed by atoms with E-state index in [0.717, 1.165) is 6.92 Å². The Kier molecular flexibility index (Phi) is 3.91. The number of aliphatic hydroxyl groups excluding tert-OH is 1. The van der Waals surface area contributed by atoms with Crippen LogP contribution in [0, 0.1) is 0 Å². The molecular weight excluding hydrogens is 170 g/mol. The van der Waals surface area contributed by atoms with Crippen molar-refractivity contribution >= 4 is 24.7 Å². The van der Waals surface area contributed by atoms with E-state index in [0.29, 0.717) is 4.31 Å². The van der Waals surface area contributed by atoms with Crippen LogP contribution in [0.2, 0.25) is 0 Å². The summed E-state index contributed by atoms with van der Waals surface area (Å²) < 4.78 is 0.558. The van der Waals surface area contributed by atoms with Crippen molar-refractivity contribution in [2.75, 3.05) is 6.61 Å². The zero-order chi connectivity index (χ0) is 9.02. The molecule has 0 aliphatic rings. The predicted octanol–water partition coefficient (Wildman–Crippen LogP) is -1.26. The molecule has 0 radical (unpaired) electrons. The van der Waals surface area contributed by atoms with Crippen molar-refractivity contribution in [2.24, 2.45) is 0 Å². The minimum absolute atomic E-state index is 0.558. The molecule has 1 amide bonds. The number of hydrogen-bond acceptors (Lipinski definition) is 4. The third kappa shape index (κ3) is 2.77. The molecule has 0 aromatic heterocycles. The van der Waals surface area contributed by atoms with Gasteiger partial charge >= 0.3 is 5.97 Å². The number of carboxylic acids is 1. The number of carbonyl (C=O) groups is 2. The highest BCUT2D eigenvalue weighted by atomic mass is 32.1. The van der Waals surface area contributed by atoms with Gasteiger partial charge in [-0.1, -0.05) is 0 Å². The molecule has 0 aliphatic heterocycles. The first-order chi connectivity index (χ1) is 5.00. The van der Waals surface area contributed by atoms with Crippen molar-refractivity contribution in [1.82, 2.24) is 4.31 Å². The van der Waals surface area contributed by atoms with Gasteiger partial charge in [0.25, 0.3) is 0 Å². The molecule has 0 heterocycles. The number of nitrogens with zero attached hydrogens (tertiary/aromatic N) is 1. The van der Waals surface area contributed by atoms with E-state index in [1.165, 1.54) is 0 Å². The minimum atomic E-state index is -1.32. The van der Waals surface area contributed by atoms with Gasteiger partial charge in [-0.2, -0.15) is 0 Å². The van der Waals surface area contributed by atoms with Crippen molar-refractivity contribution in [3.63, 3.8) is 0 Å². The second-order valence-electron chi connectivity index (χ2n) is 1.88. The Hall–Kier alpha value is -0.750. The molecular formula is C5H8NO4S-. The smallest absolute Gasteiger partial charge is 0.327 e. The van der Waals surface area contributed by atoms with E-state index in [1.807, 2.05) is 0 Å². The SMILES string of the molecule is CC(=O)N([S-])[C@@H](CO)C(=O)O. The number of aliphatic carboxylic acids is 1. The maximum atomic E-state index is 10.5. The largest absolute Gasteiger partial charge is 0.663 e. The summed E-state index contributed by atoms with van der Waals surface area (Å²) in [5, 5.41) is 16.8. The average molecular weight is 178 g/mol. The maximum absolute atomic E-state index is 10.5. The van der Waals surface area contributed by atoms with Gasteiger partial charge in [-0.15, -0.1) is 0 Å². The van der Waals surface area contributed by atoms with Crippen molar-refractivity contribution in [3.05, 3.63) is 0 Å². The quantitative estimate of drug-likeness (QED) is 0.527. The molecule has 6 heteroatoms. The van der Waals surface area contributed by atoms with E-state index in [2.05, 4.69) is 12.8 Å². The van der Waals surface area contributed by atoms with E-state index < -0.39 is 24.5 Å². The summed E-state index contributed by atoms with van der Waals surface area (Å²) >= 11 is 4.40. The van der Waals surface area contributed by atoms with Crippen LogP contribution in [-0.2, 0) is 22.4 Å². The molecule has 0 bridgehead atoms. The van der Waals surface area contributed by atoms with Crippen LogP contribution in [0.5, 0.6) is 0 Å². The average Bonchev–Trinajstić information content (AvgIpc) is 1.88. The maximum Gasteiger partial charge on any atom is 0.327 e. The number of aliphatic hydroxyl groups is 1. The lowest BCUT2D eigenvalue weighted by molar-refractivity contribution is -0.146.